The molecule has 0 aliphatic heterocycles. The van der Waals surface area contributed by atoms with Gasteiger partial charge in [0, 0.05) is 6.42 Å². The van der Waals surface area contributed by atoms with Crippen LogP contribution in [-0.2, 0) is 6.18 Å². The Hall–Kier alpha value is -1.55. The lowest BCUT2D eigenvalue weighted by Crippen LogP contribution is -2.05. The molecule has 1 aromatic carbocycles. The topological polar surface area (TPSA) is 20.2 Å². The minimum absolute atomic E-state index is 0.301. The lowest BCUT2D eigenvalue weighted by Gasteiger charge is -2.11. The first-order valence-electron chi connectivity index (χ1n) is 5.51. The Morgan fingerprint density at radius 1 is 1.33 bits per heavy atom. The second-order valence-corrected chi connectivity index (χ2v) is 3.98. The average Bonchev–Trinajstić information content (AvgIpc) is 2.28. The van der Waals surface area contributed by atoms with Crippen molar-refractivity contribution in [3.63, 3.8) is 0 Å². The number of hydrogen-bond acceptors (Lipinski definition) is 1. The van der Waals surface area contributed by atoms with E-state index in [0.29, 0.717) is 17.6 Å². The third-order valence-corrected chi connectivity index (χ3v) is 2.49. The van der Waals surface area contributed by atoms with Crippen LogP contribution in [0.1, 0.15) is 24.5 Å². The lowest BCUT2D eigenvalue weighted by atomic mass is 10.00. The van der Waals surface area contributed by atoms with Gasteiger partial charge in [0.2, 0.25) is 0 Å². The van der Waals surface area contributed by atoms with Gasteiger partial charge in [0.05, 0.1) is 11.7 Å². The fourth-order valence-electron chi connectivity index (χ4n) is 1.56. The van der Waals surface area contributed by atoms with Gasteiger partial charge in [-0.3, -0.25) is 0 Å². The van der Waals surface area contributed by atoms with Gasteiger partial charge in [-0.15, -0.1) is 0 Å². The first-order valence-corrected chi connectivity index (χ1v) is 5.51. The summed E-state index contributed by atoms with van der Waals surface area (Å²) in [4.78, 5) is 0. The molecule has 0 radical (unpaired) electrons. The summed E-state index contributed by atoms with van der Waals surface area (Å²) in [5.41, 5.74) is 0.522. The molecule has 1 unspecified atom stereocenters. The van der Waals surface area contributed by atoms with Crippen LogP contribution >= 0.6 is 0 Å². The standard InChI is InChI=1S/C14H15F3O/c1-3-4-13(18)9-10(2)11-5-7-12(8-6-11)14(15,16)17/h3-8,13,18H,2,9H2,1H3/b4-3+. The Kier molecular flexibility index (Phi) is 4.73. The van der Waals surface area contributed by atoms with E-state index in [1.54, 1.807) is 19.1 Å². The summed E-state index contributed by atoms with van der Waals surface area (Å²) in [5.74, 6) is 0. The zero-order valence-electron chi connectivity index (χ0n) is 10.0. The Morgan fingerprint density at radius 2 is 1.89 bits per heavy atom. The van der Waals surface area contributed by atoms with Crippen molar-refractivity contribution in [3.05, 3.63) is 54.1 Å². The van der Waals surface area contributed by atoms with E-state index in [0.717, 1.165) is 12.1 Å². The van der Waals surface area contributed by atoms with E-state index in [4.69, 9.17) is 0 Å². The Morgan fingerprint density at radius 3 is 2.33 bits per heavy atom. The van der Waals surface area contributed by atoms with Crippen LogP contribution < -0.4 is 0 Å². The van der Waals surface area contributed by atoms with Crippen LogP contribution in [0.3, 0.4) is 0 Å². The van der Waals surface area contributed by atoms with E-state index in [1.807, 2.05) is 0 Å². The van der Waals surface area contributed by atoms with Gasteiger partial charge >= 0.3 is 6.18 Å². The van der Waals surface area contributed by atoms with E-state index < -0.39 is 17.8 Å². The van der Waals surface area contributed by atoms with Gasteiger partial charge in [0.15, 0.2) is 0 Å². The number of benzene rings is 1. The molecule has 0 aliphatic carbocycles. The molecule has 0 aliphatic rings. The summed E-state index contributed by atoms with van der Waals surface area (Å²) in [7, 11) is 0. The van der Waals surface area contributed by atoms with Crippen LogP contribution in [0.5, 0.6) is 0 Å². The molecule has 0 aromatic heterocycles. The van der Waals surface area contributed by atoms with Crippen LogP contribution in [0.4, 0.5) is 13.2 Å². The smallest absolute Gasteiger partial charge is 0.389 e. The van der Waals surface area contributed by atoms with Crippen LogP contribution in [0.25, 0.3) is 5.57 Å². The third kappa shape index (κ3) is 4.04. The van der Waals surface area contributed by atoms with Crippen molar-refractivity contribution in [1.29, 1.82) is 0 Å². The molecule has 1 N–H and O–H groups in total. The highest BCUT2D eigenvalue weighted by Gasteiger charge is 2.29. The number of halogens is 3. The van der Waals surface area contributed by atoms with E-state index in [-0.39, 0.29) is 0 Å². The van der Waals surface area contributed by atoms with Gasteiger partial charge in [-0.1, -0.05) is 30.9 Å². The molecule has 0 bridgehead atoms. The number of hydrogen-bond donors (Lipinski definition) is 1. The zero-order valence-corrected chi connectivity index (χ0v) is 10.0. The molecular weight excluding hydrogens is 241 g/mol. The Balaban J connectivity index is 2.77. The lowest BCUT2D eigenvalue weighted by molar-refractivity contribution is -0.137. The molecular formula is C14H15F3O. The van der Waals surface area contributed by atoms with E-state index in [2.05, 4.69) is 6.58 Å². The summed E-state index contributed by atoms with van der Waals surface area (Å²) in [6.07, 6.45) is -1.37. The van der Waals surface area contributed by atoms with Gasteiger partial charge in [-0.05, 0) is 30.2 Å². The second kappa shape index (κ2) is 5.87. The predicted molar refractivity (Wildman–Crippen MR) is 65.9 cm³/mol. The molecule has 0 saturated heterocycles. The molecule has 1 aromatic rings. The van der Waals surface area contributed by atoms with Crippen LogP contribution in [-0.4, -0.2) is 11.2 Å². The highest BCUT2D eigenvalue weighted by molar-refractivity contribution is 5.64. The van der Waals surface area contributed by atoms with Crippen molar-refractivity contribution in [3.8, 4) is 0 Å². The van der Waals surface area contributed by atoms with Crippen molar-refractivity contribution in [1.82, 2.24) is 0 Å². The normalized spacial score (nSPS) is 13.8. The highest BCUT2D eigenvalue weighted by Crippen LogP contribution is 2.30. The summed E-state index contributed by atoms with van der Waals surface area (Å²) in [6.45, 7) is 5.55. The number of alkyl halides is 3. The molecule has 18 heavy (non-hydrogen) atoms. The van der Waals surface area contributed by atoms with Gasteiger partial charge < -0.3 is 5.11 Å². The molecule has 0 heterocycles. The van der Waals surface area contributed by atoms with Crippen molar-refractivity contribution >= 4 is 5.57 Å². The van der Waals surface area contributed by atoms with Crippen LogP contribution in [0, 0.1) is 0 Å². The van der Waals surface area contributed by atoms with Crippen molar-refractivity contribution in [2.45, 2.75) is 25.6 Å². The number of rotatable bonds is 4. The van der Waals surface area contributed by atoms with Crippen LogP contribution in [0.15, 0.2) is 43.0 Å². The van der Waals surface area contributed by atoms with Crippen molar-refractivity contribution in [2.24, 2.45) is 0 Å². The van der Waals surface area contributed by atoms with E-state index in [1.165, 1.54) is 12.1 Å². The van der Waals surface area contributed by atoms with Crippen molar-refractivity contribution in [2.75, 3.05) is 0 Å². The average molecular weight is 256 g/mol. The molecule has 0 spiro atoms. The van der Waals surface area contributed by atoms with Crippen LogP contribution in [0.2, 0.25) is 0 Å². The minimum atomic E-state index is -4.33. The molecule has 0 amide bonds. The largest absolute Gasteiger partial charge is 0.416 e. The highest BCUT2D eigenvalue weighted by atomic mass is 19.4. The first kappa shape index (κ1) is 14.5. The van der Waals surface area contributed by atoms with Crippen molar-refractivity contribution < 1.29 is 18.3 Å². The molecule has 1 atom stereocenters. The Bertz CT molecular complexity index is 429. The number of aliphatic hydroxyl groups excluding tert-OH is 1. The SMILES string of the molecule is C=C(CC(O)/C=C/C)c1ccc(C(F)(F)F)cc1. The molecule has 0 fully saturated rings. The molecule has 1 rings (SSSR count). The monoisotopic (exact) mass is 256 g/mol. The second-order valence-electron chi connectivity index (χ2n) is 3.98. The maximum absolute atomic E-state index is 12.4. The maximum atomic E-state index is 12.4. The summed E-state index contributed by atoms with van der Waals surface area (Å²) < 4.78 is 37.1. The molecule has 0 saturated carbocycles. The van der Waals surface area contributed by atoms with Gasteiger partial charge in [0.1, 0.15) is 0 Å². The minimum Gasteiger partial charge on any atom is -0.389 e. The van der Waals surface area contributed by atoms with Gasteiger partial charge in [-0.2, -0.15) is 13.2 Å². The van der Waals surface area contributed by atoms with E-state index >= 15 is 0 Å². The maximum Gasteiger partial charge on any atom is 0.416 e. The fraction of sp³-hybridized carbons (Fsp3) is 0.286. The predicted octanol–water partition coefficient (Wildman–Crippen LogP) is 4.05. The summed E-state index contributed by atoms with van der Waals surface area (Å²) >= 11 is 0. The quantitative estimate of drug-likeness (QED) is 0.806. The summed E-state index contributed by atoms with van der Waals surface area (Å²) in [6, 6.07) is 4.77. The van der Waals surface area contributed by atoms with Gasteiger partial charge in [-0.25, -0.2) is 0 Å². The van der Waals surface area contributed by atoms with E-state index in [9.17, 15) is 18.3 Å². The third-order valence-electron chi connectivity index (χ3n) is 2.49. The molecule has 4 heteroatoms. The zero-order chi connectivity index (χ0) is 13.8. The number of allylic oxidation sites excluding steroid dienone is 1. The summed E-state index contributed by atoms with van der Waals surface area (Å²) in [5, 5.41) is 9.54. The first-order chi connectivity index (χ1) is 8.34. The fourth-order valence-corrected chi connectivity index (χ4v) is 1.56. The Labute approximate surface area is 104 Å². The van der Waals surface area contributed by atoms with Gasteiger partial charge in [0.25, 0.3) is 0 Å². The number of aliphatic hydroxyl groups is 1. The molecule has 1 nitrogen and oxygen atoms in total. The molecule has 98 valence electrons.